The number of aryl methyl sites for hydroxylation is 1. The molecule has 0 aliphatic heterocycles. The Labute approximate surface area is 122 Å². The number of nitrogens with one attached hydrogen (secondary N) is 1. The van der Waals surface area contributed by atoms with Crippen LogP contribution in [0, 0.1) is 12.3 Å². The molecule has 0 bridgehead atoms. The van der Waals surface area contributed by atoms with Gasteiger partial charge in [-0.15, -0.1) is 0 Å². The van der Waals surface area contributed by atoms with Gasteiger partial charge < -0.3 is 11.1 Å². The van der Waals surface area contributed by atoms with E-state index in [-0.39, 0.29) is 5.41 Å². The molecule has 1 aliphatic rings. The van der Waals surface area contributed by atoms with Gasteiger partial charge in [0.25, 0.3) is 0 Å². The van der Waals surface area contributed by atoms with E-state index in [1.807, 2.05) is 13.0 Å². The van der Waals surface area contributed by atoms with Crippen molar-refractivity contribution in [1.29, 1.82) is 0 Å². The molecule has 0 amide bonds. The molecule has 0 aromatic carbocycles. The minimum absolute atomic E-state index is 0.259. The van der Waals surface area contributed by atoms with E-state index < -0.39 is 0 Å². The molecule has 3 N–H and O–H groups in total. The van der Waals surface area contributed by atoms with Gasteiger partial charge in [-0.05, 0) is 31.7 Å². The summed E-state index contributed by atoms with van der Waals surface area (Å²) in [6.45, 7) is 7.97. The van der Waals surface area contributed by atoms with Crippen LogP contribution in [0.4, 0.5) is 5.82 Å². The number of nitrogens with zero attached hydrogens (tertiary/aromatic N) is 2. The molecule has 1 aliphatic carbocycles. The normalized spacial score (nSPS) is 18.2. The number of hydrogen-bond donors (Lipinski definition) is 2. The maximum Gasteiger partial charge on any atom is 0.133 e. The fourth-order valence-electron chi connectivity index (χ4n) is 2.97. The van der Waals surface area contributed by atoms with Crippen molar-refractivity contribution in [2.45, 2.75) is 58.8 Å². The van der Waals surface area contributed by atoms with Crippen LogP contribution in [-0.2, 0) is 0 Å². The zero-order chi connectivity index (χ0) is 14.6. The van der Waals surface area contributed by atoms with E-state index >= 15 is 0 Å². The van der Waals surface area contributed by atoms with Gasteiger partial charge in [0.1, 0.15) is 11.6 Å². The van der Waals surface area contributed by atoms with E-state index in [0.29, 0.717) is 5.92 Å². The molecule has 0 atom stereocenters. The zero-order valence-corrected chi connectivity index (χ0v) is 13.1. The molecule has 0 radical (unpaired) electrons. The molecule has 1 aromatic heterocycles. The molecule has 1 fully saturated rings. The zero-order valence-electron chi connectivity index (χ0n) is 13.1. The summed E-state index contributed by atoms with van der Waals surface area (Å²) >= 11 is 0. The molecule has 2 rings (SSSR count). The Morgan fingerprint density at radius 3 is 2.55 bits per heavy atom. The first-order valence-corrected chi connectivity index (χ1v) is 7.84. The van der Waals surface area contributed by atoms with Gasteiger partial charge in [0.15, 0.2) is 0 Å². The van der Waals surface area contributed by atoms with E-state index in [2.05, 4.69) is 29.1 Å². The third kappa shape index (κ3) is 3.69. The number of aromatic nitrogens is 2. The Bertz CT molecular complexity index is 436. The minimum atomic E-state index is 0.259. The molecule has 0 saturated heterocycles. The summed E-state index contributed by atoms with van der Waals surface area (Å²) < 4.78 is 0. The average Bonchev–Trinajstić information content (AvgIpc) is 2.45. The summed E-state index contributed by atoms with van der Waals surface area (Å²) in [6.07, 6.45) is 6.43. The van der Waals surface area contributed by atoms with Gasteiger partial charge in [-0.2, -0.15) is 0 Å². The predicted molar refractivity (Wildman–Crippen MR) is 83.9 cm³/mol. The minimum Gasteiger partial charge on any atom is -0.369 e. The summed E-state index contributed by atoms with van der Waals surface area (Å²) in [7, 11) is 0. The molecular weight excluding hydrogens is 248 g/mol. The van der Waals surface area contributed by atoms with Gasteiger partial charge in [0.2, 0.25) is 0 Å². The lowest BCUT2D eigenvalue weighted by Gasteiger charge is -2.36. The second-order valence-corrected chi connectivity index (χ2v) is 6.53. The van der Waals surface area contributed by atoms with Gasteiger partial charge in [0, 0.05) is 24.2 Å². The molecule has 4 heteroatoms. The predicted octanol–water partition coefficient (Wildman–Crippen LogP) is 3.23. The van der Waals surface area contributed by atoms with Crippen LogP contribution in [0.5, 0.6) is 0 Å². The molecule has 0 spiro atoms. The van der Waals surface area contributed by atoms with E-state index in [9.17, 15) is 0 Å². The van der Waals surface area contributed by atoms with Crippen LogP contribution in [0.3, 0.4) is 0 Å². The van der Waals surface area contributed by atoms with Crippen molar-refractivity contribution in [3.63, 3.8) is 0 Å². The SMILES string of the molecule is Cc1cc(NCC2(CN)CCCCC2)nc(C(C)C)n1. The topological polar surface area (TPSA) is 63.8 Å². The summed E-state index contributed by atoms with van der Waals surface area (Å²) in [6, 6.07) is 2.03. The highest BCUT2D eigenvalue weighted by molar-refractivity contribution is 5.36. The molecule has 112 valence electrons. The maximum absolute atomic E-state index is 6.04. The Balaban J connectivity index is 2.06. The van der Waals surface area contributed by atoms with Crippen molar-refractivity contribution >= 4 is 5.82 Å². The Kier molecular flexibility index (Phi) is 4.97. The van der Waals surface area contributed by atoms with Crippen LogP contribution in [-0.4, -0.2) is 23.1 Å². The van der Waals surface area contributed by atoms with Crippen molar-refractivity contribution in [2.24, 2.45) is 11.1 Å². The van der Waals surface area contributed by atoms with Crippen LogP contribution in [0.2, 0.25) is 0 Å². The molecule has 4 nitrogen and oxygen atoms in total. The first-order valence-electron chi connectivity index (χ1n) is 7.84. The Morgan fingerprint density at radius 2 is 1.95 bits per heavy atom. The molecule has 1 heterocycles. The summed E-state index contributed by atoms with van der Waals surface area (Å²) in [5.41, 5.74) is 7.32. The lowest BCUT2D eigenvalue weighted by atomic mass is 9.74. The third-order valence-corrected chi connectivity index (χ3v) is 4.38. The van der Waals surface area contributed by atoms with Gasteiger partial charge in [0.05, 0.1) is 0 Å². The number of rotatable bonds is 5. The van der Waals surface area contributed by atoms with E-state index in [0.717, 1.165) is 30.4 Å². The van der Waals surface area contributed by atoms with Gasteiger partial charge in [-0.3, -0.25) is 0 Å². The van der Waals surface area contributed by atoms with Crippen molar-refractivity contribution in [1.82, 2.24) is 9.97 Å². The largest absolute Gasteiger partial charge is 0.369 e. The summed E-state index contributed by atoms with van der Waals surface area (Å²) in [4.78, 5) is 9.11. The van der Waals surface area contributed by atoms with E-state index in [1.54, 1.807) is 0 Å². The molecule has 20 heavy (non-hydrogen) atoms. The highest BCUT2D eigenvalue weighted by Crippen LogP contribution is 2.35. The van der Waals surface area contributed by atoms with Crippen molar-refractivity contribution < 1.29 is 0 Å². The quantitative estimate of drug-likeness (QED) is 0.866. The smallest absolute Gasteiger partial charge is 0.133 e. The second-order valence-electron chi connectivity index (χ2n) is 6.53. The molecule has 1 saturated carbocycles. The maximum atomic E-state index is 6.04. The third-order valence-electron chi connectivity index (χ3n) is 4.38. The van der Waals surface area contributed by atoms with Gasteiger partial charge >= 0.3 is 0 Å². The highest BCUT2D eigenvalue weighted by atomic mass is 15.0. The number of nitrogens with two attached hydrogens (primary N) is 1. The lowest BCUT2D eigenvalue weighted by Crippen LogP contribution is -2.39. The van der Waals surface area contributed by atoms with Crippen LogP contribution in [0.25, 0.3) is 0 Å². The summed E-state index contributed by atoms with van der Waals surface area (Å²) in [5, 5.41) is 3.51. The molecular formula is C16H28N4. The number of anilines is 1. The second kappa shape index (κ2) is 6.53. The van der Waals surface area contributed by atoms with Crippen molar-refractivity contribution in [3.05, 3.63) is 17.6 Å². The lowest BCUT2D eigenvalue weighted by molar-refractivity contribution is 0.215. The van der Waals surface area contributed by atoms with Crippen LogP contribution < -0.4 is 11.1 Å². The van der Waals surface area contributed by atoms with Crippen LogP contribution >= 0.6 is 0 Å². The first kappa shape index (κ1) is 15.2. The van der Waals surface area contributed by atoms with Crippen LogP contribution in [0.1, 0.15) is 63.4 Å². The molecule has 0 unspecified atom stereocenters. The van der Waals surface area contributed by atoms with E-state index in [1.165, 1.54) is 32.1 Å². The van der Waals surface area contributed by atoms with Crippen molar-refractivity contribution in [3.8, 4) is 0 Å². The number of hydrogen-bond acceptors (Lipinski definition) is 4. The first-order chi connectivity index (χ1) is 9.54. The fourth-order valence-corrected chi connectivity index (χ4v) is 2.97. The summed E-state index contributed by atoms with van der Waals surface area (Å²) in [5.74, 6) is 2.21. The van der Waals surface area contributed by atoms with E-state index in [4.69, 9.17) is 5.73 Å². The van der Waals surface area contributed by atoms with Gasteiger partial charge in [-0.1, -0.05) is 33.1 Å². The Hall–Kier alpha value is -1.16. The molecule has 1 aromatic rings. The van der Waals surface area contributed by atoms with Gasteiger partial charge in [-0.25, -0.2) is 9.97 Å². The van der Waals surface area contributed by atoms with Crippen LogP contribution in [0.15, 0.2) is 6.07 Å². The monoisotopic (exact) mass is 276 g/mol. The average molecular weight is 276 g/mol. The van der Waals surface area contributed by atoms with Crippen molar-refractivity contribution in [2.75, 3.05) is 18.4 Å². The Morgan fingerprint density at radius 1 is 1.25 bits per heavy atom. The fraction of sp³-hybridized carbons (Fsp3) is 0.750. The highest BCUT2D eigenvalue weighted by Gasteiger charge is 2.30. The standard InChI is InChI=1S/C16H28N4/c1-12(2)15-19-13(3)9-14(20-15)18-11-16(10-17)7-5-4-6-8-16/h9,12H,4-8,10-11,17H2,1-3H3,(H,18,19,20).